The van der Waals surface area contributed by atoms with E-state index in [1.165, 1.54) is 5.56 Å². The van der Waals surface area contributed by atoms with Crippen LogP contribution in [0.2, 0.25) is 0 Å². The van der Waals surface area contributed by atoms with Crippen molar-refractivity contribution in [1.82, 2.24) is 9.80 Å². The molecule has 2 aliphatic heterocycles. The fourth-order valence-electron chi connectivity index (χ4n) is 3.55. The van der Waals surface area contributed by atoms with Crippen LogP contribution in [0, 0.1) is 0 Å². The molecule has 112 valence electrons. The molecule has 1 amide bonds. The Labute approximate surface area is 126 Å². The lowest BCUT2D eigenvalue weighted by Crippen LogP contribution is -2.37. The van der Waals surface area contributed by atoms with E-state index >= 15 is 0 Å². The van der Waals surface area contributed by atoms with Crippen LogP contribution in [-0.4, -0.2) is 48.0 Å². The van der Waals surface area contributed by atoms with E-state index in [0.717, 1.165) is 25.3 Å². The molecule has 4 heteroatoms. The van der Waals surface area contributed by atoms with Gasteiger partial charge in [0.25, 0.3) is 0 Å². The Morgan fingerprint density at radius 1 is 1.33 bits per heavy atom. The average Bonchev–Trinajstić information content (AvgIpc) is 3.01. The second kappa shape index (κ2) is 5.90. The first kappa shape index (κ1) is 14.1. The van der Waals surface area contributed by atoms with Gasteiger partial charge in [-0.3, -0.25) is 9.69 Å². The number of methoxy groups -OCH3 is 1. The van der Waals surface area contributed by atoms with Gasteiger partial charge in [-0.05, 0) is 24.1 Å². The Bertz CT molecular complexity index is 526. The highest BCUT2D eigenvalue weighted by Gasteiger charge is 2.45. The van der Waals surface area contributed by atoms with E-state index in [4.69, 9.17) is 4.74 Å². The van der Waals surface area contributed by atoms with E-state index in [-0.39, 0.29) is 5.91 Å². The molecule has 2 aliphatic rings. The lowest BCUT2D eigenvalue weighted by Gasteiger charge is -2.24. The van der Waals surface area contributed by atoms with Gasteiger partial charge >= 0.3 is 0 Å². The number of benzene rings is 1. The Hall–Kier alpha value is -1.81. The van der Waals surface area contributed by atoms with E-state index in [0.29, 0.717) is 25.0 Å². The molecule has 0 aliphatic carbocycles. The minimum absolute atomic E-state index is 0.268. The molecule has 4 nitrogen and oxygen atoms in total. The number of ether oxygens (including phenoxy) is 1. The smallest absolute Gasteiger partial charge is 0.224 e. The van der Waals surface area contributed by atoms with Gasteiger partial charge in [-0.2, -0.15) is 0 Å². The molecule has 0 unspecified atom stereocenters. The first-order valence-corrected chi connectivity index (χ1v) is 7.50. The first-order valence-electron chi connectivity index (χ1n) is 7.50. The number of rotatable bonds is 5. The molecule has 21 heavy (non-hydrogen) atoms. The molecule has 0 radical (unpaired) electrons. The minimum atomic E-state index is 0.268. The summed E-state index contributed by atoms with van der Waals surface area (Å²) in [6, 6.07) is 8.92. The third-order valence-corrected chi connectivity index (χ3v) is 4.60. The standard InChI is InChI=1S/C17H22N2O2/c1-3-9-19-15-8-10-18(16(15)11-17(19)20)12-13-4-6-14(21-2)7-5-13/h3-7,15-16H,1,8-12H2,2H3/t15-,16+/m1/s1. The summed E-state index contributed by atoms with van der Waals surface area (Å²) in [5.41, 5.74) is 1.27. The van der Waals surface area contributed by atoms with Crippen molar-refractivity contribution in [3.8, 4) is 5.75 Å². The molecule has 0 spiro atoms. The summed E-state index contributed by atoms with van der Waals surface area (Å²) in [6.07, 6.45) is 3.54. The van der Waals surface area contributed by atoms with Crippen molar-refractivity contribution in [3.05, 3.63) is 42.5 Å². The SMILES string of the molecule is C=CCN1C(=O)C[C@H]2[C@H]1CCN2Cc1ccc(OC)cc1. The summed E-state index contributed by atoms with van der Waals surface area (Å²) < 4.78 is 5.19. The molecule has 3 rings (SSSR count). The number of carbonyl (C=O) groups is 1. The van der Waals surface area contributed by atoms with Gasteiger partial charge in [-0.1, -0.05) is 18.2 Å². The predicted molar refractivity (Wildman–Crippen MR) is 82.1 cm³/mol. The third-order valence-electron chi connectivity index (χ3n) is 4.60. The maximum atomic E-state index is 12.1. The summed E-state index contributed by atoms with van der Waals surface area (Å²) in [6.45, 7) is 6.39. The van der Waals surface area contributed by atoms with E-state index in [1.54, 1.807) is 7.11 Å². The maximum Gasteiger partial charge on any atom is 0.224 e. The highest BCUT2D eigenvalue weighted by Crippen LogP contribution is 2.33. The van der Waals surface area contributed by atoms with Crippen molar-refractivity contribution in [1.29, 1.82) is 0 Å². The van der Waals surface area contributed by atoms with Crippen LogP contribution >= 0.6 is 0 Å². The van der Waals surface area contributed by atoms with Gasteiger partial charge in [0.15, 0.2) is 0 Å². The van der Waals surface area contributed by atoms with Gasteiger partial charge in [0.1, 0.15) is 5.75 Å². The van der Waals surface area contributed by atoms with Crippen molar-refractivity contribution < 1.29 is 9.53 Å². The normalized spacial score (nSPS) is 25.2. The summed E-state index contributed by atoms with van der Waals surface area (Å²) in [4.78, 5) is 16.5. The number of carbonyl (C=O) groups excluding carboxylic acids is 1. The van der Waals surface area contributed by atoms with E-state index in [2.05, 4.69) is 23.6 Å². The lowest BCUT2D eigenvalue weighted by atomic mass is 10.1. The minimum Gasteiger partial charge on any atom is -0.497 e. The average molecular weight is 286 g/mol. The molecular formula is C17H22N2O2. The molecule has 1 aromatic rings. The zero-order valence-electron chi connectivity index (χ0n) is 12.5. The van der Waals surface area contributed by atoms with Crippen LogP contribution in [0.4, 0.5) is 0 Å². The summed E-state index contributed by atoms with van der Waals surface area (Å²) in [5.74, 6) is 1.15. The van der Waals surface area contributed by atoms with Gasteiger partial charge in [0.05, 0.1) is 7.11 Å². The fraction of sp³-hybridized carbons (Fsp3) is 0.471. The van der Waals surface area contributed by atoms with Crippen LogP contribution in [0.5, 0.6) is 5.75 Å². The van der Waals surface area contributed by atoms with Gasteiger partial charge in [-0.15, -0.1) is 6.58 Å². The zero-order valence-corrected chi connectivity index (χ0v) is 12.5. The topological polar surface area (TPSA) is 32.8 Å². The van der Waals surface area contributed by atoms with Crippen LogP contribution in [0.15, 0.2) is 36.9 Å². The van der Waals surface area contributed by atoms with Gasteiger partial charge in [-0.25, -0.2) is 0 Å². The molecule has 0 N–H and O–H groups in total. The van der Waals surface area contributed by atoms with E-state index < -0.39 is 0 Å². The largest absolute Gasteiger partial charge is 0.497 e. The van der Waals surface area contributed by atoms with Crippen molar-refractivity contribution >= 4 is 5.91 Å². The number of hydrogen-bond donors (Lipinski definition) is 0. The fourth-order valence-corrected chi connectivity index (χ4v) is 3.55. The second-order valence-corrected chi connectivity index (χ2v) is 5.78. The monoisotopic (exact) mass is 286 g/mol. The predicted octanol–water partition coefficient (Wildman–Crippen LogP) is 2.06. The van der Waals surface area contributed by atoms with Gasteiger partial charge in [0.2, 0.25) is 5.91 Å². The number of hydrogen-bond acceptors (Lipinski definition) is 3. The van der Waals surface area contributed by atoms with E-state index in [1.807, 2.05) is 23.1 Å². The zero-order chi connectivity index (χ0) is 14.8. The molecule has 0 saturated carbocycles. The summed E-state index contributed by atoms with van der Waals surface area (Å²) in [7, 11) is 1.68. The Morgan fingerprint density at radius 2 is 2.10 bits per heavy atom. The maximum absolute atomic E-state index is 12.1. The number of likely N-dealkylation sites (tertiary alicyclic amines) is 2. The molecule has 0 aromatic heterocycles. The van der Waals surface area contributed by atoms with Crippen molar-refractivity contribution in [2.75, 3.05) is 20.2 Å². The van der Waals surface area contributed by atoms with Crippen molar-refractivity contribution in [2.24, 2.45) is 0 Å². The highest BCUT2D eigenvalue weighted by atomic mass is 16.5. The number of nitrogens with zero attached hydrogens (tertiary/aromatic N) is 2. The Kier molecular flexibility index (Phi) is 3.97. The molecule has 2 atom stereocenters. The van der Waals surface area contributed by atoms with Gasteiger partial charge < -0.3 is 9.64 Å². The van der Waals surface area contributed by atoms with Crippen LogP contribution < -0.4 is 4.74 Å². The van der Waals surface area contributed by atoms with Gasteiger partial charge in [0, 0.05) is 38.1 Å². The van der Waals surface area contributed by atoms with Crippen LogP contribution in [0.25, 0.3) is 0 Å². The van der Waals surface area contributed by atoms with Crippen molar-refractivity contribution in [2.45, 2.75) is 31.5 Å². The molecule has 2 heterocycles. The summed E-state index contributed by atoms with van der Waals surface area (Å²) in [5, 5.41) is 0. The molecule has 0 bridgehead atoms. The van der Waals surface area contributed by atoms with Crippen LogP contribution in [0.1, 0.15) is 18.4 Å². The van der Waals surface area contributed by atoms with Crippen LogP contribution in [-0.2, 0) is 11.3 Å². The highest BCUT2D eigenvalue weighted by molar-refractivity contribution is 5.80. The first-order chi connectivity index (χ1) is 10.2. The molecule has 2 saturated heterocycles. The summed E-state index contributed by atoms with van der Waals surface area (Å²) >= 11 is 0. The molecule has 2 fully saturated rings. The molecule has 1 aromatic carbocycles. The quantitative estimate of drug-likeness (QED) is 0.777. The van der Waals surface area contributed by atoms with Crippen molar-refractivity contribution in [3.63, 3.8) is 0 Å². The molecular weight excluding hydrogens is 264 g/mol. The Balaban J connectivity index is 1.67. The number of amides is 1. The third kappa shape index (κ3) is 2.68. The van der Waals surface area contributed by atoms with Crippen LogP contribution in [0.3, 0.4) is 0 Å². The lowest BCUT2D eigenvalue weighted by molar-refractivity contribution is -0.128. The Morgan fingerprint density at radius 3 is 2.76 bits per heavy atom. The second-order valence-electron chi connectivity index (χ2n) is 5.78. The number of fused-ring (bicyclic) bond motifs is 1. The van der Waals surface area contributed by atoms with E-state index in [9.17, 15) is 4.79 Å².